The first kappa shape index (κ1) is 14.0. The highest BCUT2D eigenvalue weighted by molar-refractivity contribution is 6.22. The van der Waals surface area contributed by atoms with Gasteiger partial charge in [-0.15, -0.1) is 0 Å². The van der Waals surface area contributed by atoms with Crippen LogP contribution in [0.4, 0.5) is 5.69 Å². The predicted molar refractivity (Wildman–Crippen MR) is 81.8 cm³/mol. The lowest BCUT2D eigenvalue weighted by Gasteiger charge is -2.08. The standard InChI is InChI=1S/C17H14N2O3/c1-10-4-2-3-5-11(10)8-15(20)18-12-6-7-13-14(9-12)17(22)19-16(13)21/h2-7,9H,8H2,1H3,(H,18,20)(H,19,21,22). The largest absolute Gasteiger partial charge is 0.326 e. The fourth-order valence-corrected chi connectivity index (χ4v) is 2.43. The molecule has 0 bridgehead atoms. The van der Waals surface area contributed by atoms with Crippen molar-refractivity contribution in [2.45, 2.75) is 13.3 Å². The molecule has 3 amide bonds. The lowest BCUT2D eigenvalue weighted by atomic mass is 10.1. The monoisotopic (exact) mass is 294 g/mol. The molecule has 0 saturated heterocycles. The number of nitrogens with one attached hydrogen (secondary N) is 2. The van der Waals surface area contributed by atoms with Crippen LogP contribution in [0.2, 0.25) is 0 Å². The molecule has 2 aromatic rings. The second-order valence-electron chi connectivity index (χ2n) is 5.20. The van der Waals surface area contributed by atoms with Gasteiger partial charge in [-0.05, 0) is 36.2 Å². The Hall–Kier alpha value is -2.95. The van der Waals surface area contributed by atoms with Gasteiger partial charge in [0.15, 0.2) is 0 Å². The third-order valence-electron chi connectivity index (χ3n) is 3.63. The normalized spacial score (nSPS) is 12.8. The number of anilines is 1. The van der Waals surface area contributed by atoms with Gasteiger partial charge in [0.1, 0.15) is 0 Å². The average Bonchev–Trinajstić information content (AvgIpc) is 2.76. The fourth-order valence-electron chi connectivity index (χ4n) is 2.43. The van der Waals surface area contributed by atoms with Crippen LogP contribution in [0.1, 0.15) is 31.8 Å². The topological polar surface area (TPSA) is 75.3 Å². The van der Waals surface area contributed by atoms with E-state index in [2.05, 4.69) is 10.6 Å². The Kier molecular flexibility index (Phi) is 3.47. The Balaban J connectivity index is 1.75. The second kappa shape index (κ2) is 5.44. The minimum Gasteiger partial charge on any atom is -0.326 e. The van der Waals surface area contributed by atoms with Crippen molar-refractivity contribution < 1.29 is 14.4 Å². The third kappa shape index (κ3) is 2.61. The van der Waals surface area contributed by atoms with Crippen LogP contribution >= 0.6 is 0 Å². The molecule has 3 rings (SSSR count). The number of imide groups is 1. The van der Waals surface area contributed by atoms with E-state index >= 15 is 0 Å². The molecule has 0 saturated carbocycles. The number of hydrogen-bond donors (Lipinski definition) is 2. The first-order valence-corrected chi connectivity index (χ1v) is 6.88. The SMILES string of the molecule is Cc1ccccc1CC(=O)Nc1ccc2c(c1)C(=O)NC2=O. The van der Waals surface area contributed by atoms with Gasteiger partial charge in [0.05, 0.1) is 17.5 Å². The minimum atomic E-state index is -0.435. The van der Waals surface area contributed by atoms with Crippen molar-refractivity contribution in [3.8, 4) is 0 Å². The highest BCUT2D eigenvalue weighted by atomic mass is 16.2. The highest BCUT2D eigenvalue weighted by Gasteiger charge is 2.26. The Labute approximate surface area is 127 Å². The first-order chi connectivity index (χ1) is 10.5. The third-order valence-corrected chi connectivity index (χ3v) is 3.63. The van der Waals surface area contributed by atoms with Crippen LogP contribution in [0.5, 0.6) is 0 Å². The number of carbonyl (C=O) groups is 3. The molecule has 0 spiro atoms. The van der Waals surface area contributed by atoms with Crippen molar-refractivity contribution in [3.63, 3.8) is 0 Å². The summed E-state index contributed by atoms with van der Waals surface area (Å²) in [6, 6.07) is 12.3. The van der Waals surface area contributed by atoms with Gasteiger partial charge in [0.25, 0.3) is 11.8 Å². The molecule has 2 aromatic carbocycles. The molecule has 0 aromatic heterocycles. The summed E-state index contributed by atoms with van der Waals surface area (Å²) < 4.78 is 0. The molecule has 1 aliphatic rings. The summed E-state index contributed by atoms with van der Waals surface area (Å²) in [5, 5.41) is 4.97. The zero-order valence-corrected chi connectivity index (χ0v) is 12.0. The number of hydrogen-bond acceptors (Lipinski definition) is 3. The molecular weight excluding hydrogens is 280 g/mol. The van der Waals surface area contributed by atoms with E-state index < -0.39 is 11.8 Å². The number of benzene rings is 2. The van der Waals surface area contributed by atoms with E-state index in [1.165, 1.54) is 6.07 Å². The number of aryl methyl sites for hydroxylation is 1. The molecule has 5 heteroatoms. The lowest BCUT2D eigenvalue weighted by molar-refractivity contribution is -0.115. The van der Waals surface area contributed by atoms with E-state index in [4.69, 9.17) is 0 Å². The van der Waals surface area contributed by atoms with Gasteiger partial charge >= 0.3 is 0 Å². The summed E-state index contributed by atoms with van der Waals surface area (Å²) in [6.45, 7) is 1.95. The minimum absolute atomic E-state index is 0.168. The van der Waals surface area contributed by atoms with E-state index in [1.807, 2.05) is 31.2 Å². The molecule has 0 unspecified atom stereocenters. The summed E-state index contributed by atoms with van der Waals surface area (Å²) in [5.41, 5.74) is 3.13. The fraction of sp³-hybridized carbons (Fsp3) is 0.118. The van der Waals surface area contributed by atoms with E-state index in [1.54, 1.807) is 12.1 Å². The van der Waals surface area contributed by atoms with Gasteiger partial charge in [-0.3, -0.25) is 19.7 Å². The highest BCUT2D eigenvalue weighted by Crippen LogP contribution is 2.20. The van der Waals surface area contributed by atoms with Crippen LogP contribution in [0.15, 0.2) is 42.5 Å². The Morgan fingerprint density at radius 3 is 2.55 bits per heavy atom. The van der Waals surface area contributed by atoms with Crippen molar-refractivity contribution in [1.82, 2.24) is 5.32 Å². The molecule has 5 nitrogen and oxygen atoms in total. The maximum Gasteiger partial charge on any atom is 0.259 e. The van der Waals surface area contributed by atoms with Crippen LogP contribution in [-0.4, -0.2) is 17.7 Å². The number of rotatable bonds is 3. The molecule has 22 heavy (non-hydrogen) atoms. The second-order valence-corrected chi connectivity index (χ2v) is 5.20. The maximum atomic E-state index is 12.1. The molecule has 1 aliphatic heterocycles. The van der Waals surface area contributed by atoms with Gasteiger partial charge in [0.2, 0.25) is 5.91 Å². The van der Waals surface area contributed by atoms with E-state index in [0.717, 1.165) is 11.1 Å². The Morgan fingerprint density at radius 1 is 1.05 bits per heavy atom. The van der Waals surface area contributed by atoms with Gasteiger partial charge in [-0.25, -0.2) is 0 Å². The molecule has 0 aliphatic carbocycles. The molecular formula is C17H14N2O3. The molecule has 0 radical (unpaired) electrons. The number of fused-ring (bicyclic) bond motifs is 1. The van der Waals surface area contributed by atoms with Gasteiger partial charge in [-0.1, -0.05) is 24.3 Å². The van der Waals surface area contributed by atoms with Crippen LogP contribution in [-0.2, 0) is 11.2 Å². The van der Waals surface area contributed by atoms with E-state index in [0.29, 0.717) is 16.8 Å². The smallest absolute Gasteiger partial charge is 0.259 e. The predicted octanol–water partition coefficient (Wildman–Crippen LogP) is 2.06. The molecule has 0 atom stereocenters. The molecule has 110 valence electrons. The van der Waals surface area contributed by atoms with Crippen molar-refractivity contribution in [1.29, 1.82) is 0 Å². The first-order valence-electron chi connectivity index (χ1n) is 6.88. The van der Waals surface area contributed by atoms with Crippen LogP contribution in [0.3, 0.4) is 0 Å². The number of carbonyl (C=O) groups excluding carboxylic acids is 3. The zero-order chi connectivity index (χ0) is 15.7. The zero-order valence-electron chi connectivity index (χ0n) is 12.0. The van der Waals surface area contributed by atoms with E-state index in [9.17, 15) is 14.4 Å². The van der Waals surface area contributed by atoms with Crippen molar-refractivity contribution in [2.24, 2.45) is 0 Å². The summed E-state index contributed by atoms with van der Waals surface area (Å²) >= 11 is 0. The van der Waals surface area contributed by atoms with Crippen LogP contribution < -0.4 is 10.6 Å². The van der Waals surface area contributed by atoms with Crippen LogP contribution in [0.25, 0.3) is 0 Å². The Morgan fingerprint density at radius 2 is 1.77 bits per heavy atom. The summed E-state index contributed by atoms with van der Waals surface area (Å²) in [5.74, 6) is -1.01. The quantitative estimate of drug-likeness (QED) is 0.851. The number of amides is 3. The van der Waals surface area contributed by atoms with E-state index in [-0.39, 0.29) is 12.3 Å². The van der Waals surface area contributed by atoms with Crippen molar-refractivity contribution in [2.75, 3.05) is 5.32 Å². The molecule has 1 heterocycles. The van der Waals surface area contributed by atoms with Crippen molar-refractivity contribution in [3.05, 3.63) is 64.7 Å². The average molecular weight is 294 g/mol. The summed E-state index contributed by atoms with van der Waals surface area (Å²) in [7, 11) is 0. The maximum absolute atomic E-state index is 12.1. The van der Waals surface area contributed by atoms with Crippen molar-refractivity contribution >= 4 is 23.4 Å². The lowest BCUT2D eigenvalue weighted by Crippen LogP contribution is -2.19. The van der Waals surface area contributed by atoms with Gasteiger partial charge in [-0.2, -0.15) is 0 Å². The van der Waals surface area contributed by atoms with Gasteiger partial charge in [0, 0.05) is 5.69 Å². The Bertz CT molecular complexity index is 796. The molecule has 0 fully saturated rings. The summed E-state index contributed by atoms with van der Waals surface area (Å²) in [6.07, 6.45) is 0.259. The van der Waals surface area contributed by atoms with Crippen LogP contribution in [0, 0.1) is 6.92 Å². The summed E-state index contributed by atoms with van der Waals surface area (Å²) in [4.78, 5) is 35.2. The molecule has 2 N–H and O–H groups in total. The van der Waals surface area contributed by atoms with Gasteiger partial charge < -0.3 is 5.32 Å².